The Kier molecular flexibility index (Phi) is 4.43. The molecule has 0 radical (unpaired) electrons. The second-order valence-electron chi connectivity index (χ2n) is 6.17. The van der Waals surface area contributed by atoms with Gasteiger partial charge in [0.2, 0.25) is 0 Å². The molecule has 1 aromatic carbocycles. The van der Waals surface area contributed by atoms with Crippen molar-refractivity contribution in [3.05, 3.63) is 34.1 Å². The van der Waals surface area contributed by atoms with Crippen molar-refractivity contribution in [2.45, 2.75) is 56.8 Å². The second kappa shape index (κ2) is 6.12. The first-order valence-electron chi connectivity index (χ1n) is 7.53. The summed E-state index contributed by atoms with van der Waals surface area (Å²) in [6.07, 6.45) is 6.48. The van der Waals surface area contributed by atoms with Crippen LogP contribution in [0.25, 0.3) is 0 Å². The highest BCUT2D eigenvalue weighted by Crippen LogP contribution is 2.32. The van der Waals surface area contributed by atoms with Crippen LogP contribution >= 0.6 is 15.9 Å². The lowest BCUT2D eigenvalue weighted by Gasteiger charge is -2.47. The fraction of sp³-hybridized carbons (Fsp3) is 0.625. The summed E-state index contributed by atoms with van der Waals surface area (Å²) in [5.41, 5.74) is 1.01. The molecule has 0 spiro atoms. The zero-order valence-electron chi connectivity index (χ0n) is 11.9. The molecule has 110 valence electrons. The zero-order valence-corrected chi connectivity index (χ0v) is 13.5. The number of nitrogens with one attached hydrogen (secondary N) is 1. The van der Waals surface area contributed by atoms with E-state index in [1.807, 2.05) is 6.07 Å². The minimum absolute atomic E-state index is 0.176. The standard InChI is InChI=1S/C16H22BrFN2/c1-20-13-5-3-6-14(20)9-12(8-13)19-10-11-4-2-7-15(18)16(11)17/h2,4,7,12-14,19H,3,5-6,8-10H2,1H3. The molecule has 3 rings (SSSR count). The highest BCUT2D eigenvalue weighted by atomic mass is 79.9. The summed E-state index contributed by atoms with van der Waals surface area (Å²) in [5.74, 6) is -0.176. The number of rotatable bonds is 3. The third-order valence-corrected chi connectivity index (χ3v) is 5.84. The molecule has 2 fully saturated rings. The van der Waals surface area contributed by atoms with Gasteiger partial charge in [0.25, 0.3) is 0 Å². The van der Waals surface area contributed by atoms with Crippen molar-refractivity contribution in [3.63, 3.8) is 0 Å². The molecule has 2 unspecified atom stereocenters. The van der Waals surface area contributed by atoms with Gasteiger partial charge in [0.1, 0.15) is 5.82 Å². The normalized spacial score (nSPS) is 30.4. The Bertz CT molecular complexity index is 466. The molecule has 0 aliphatic carbocycles. The summed E-state index contributed by atoms with van der Waals surface area (Å²) in [6.45, 7) is 0.742. The second-order valence-corrected chi connectivity index (χ2v) is 6.96. The first-order valence-corrected chi connectivity index (χ1v) is 8.32. The maximum Gasteiger partial charge on any atom is 0.137 e. The van der Waals surface area contributed by atoms with Crippen molar-refractivity contribution < 1.29 is 4.39 Å². The Hall–Kier alpha value is -0.450. The van der Waals surface area contributed by atoms with Crippen LogP contribution in [0.4, 0.5) is 4.39 Å². The van der Waals surface area contributed by atoms with Gasteiger partial charge in [-0.2, -0.15) is 0 Å². The van der Waals surface area contributed by atoms with E-state index in [-0.39, 0.29) is 5.82 Å². The lowest BCUT2D eigenvalue weighted by atomic mass is 9.82. The van der Waals surface area contributed by atoms with E-state index in [0.29, 0.717) is 10.5 Å². The lowest BCUT2D eigenvalue weighted by molar-refractivity contribution is 0.0482. The molecule has 0 amide bonds. The number of hydrogen-bond donors (Lipinski definition) is 1. The average molecular weight is 341 g/mol. The molecular formula is C16H22BrFN2. The third kappa shape index (κ3) is 2.92. The molecule has 1 aromatic rings. The first-order chi connectivity index (χ1) is 9.65. The van der Waals surface area contributed by atoms with Gasteiger partial charge in [-0.05, 0) is 60.3 Å². The first kappa shape index (κ1) is 14.5. The summed E-state index contributed by atoms with van der Waals surface area (Å²) in [4.78, 5) is 2.57. The van der Waals surface area contributed by atoms with E-state index in [1.165, 1.54) is 38.2 Å². The Balaban J connectivity index is 1.60. The predicted molar refractivity (Wildman–Crippen MR) is 83.2 cm³/mol. The summed E-state index contributed by atoms with van der Waals surface area (Å²) in [6, 6.07) is 7.29. The largest absolute Gasteiger partial charge is 0.310 e. The molecular weight excluding hydrogens is 319 g/mol. The quantitative estimate of drug-likeness (QED) is 0.902. The molecule has 1 N–H and O–H groups in total. The van der Waals surface area contributed by atoms with E-state index >= 15 is 0 Å². The van der Waals surface area contributed by atoms with Crippen LogP contribution in [0.3, 0.4) is 0 Å². The predicted octanol–water partition coefficient (Wildman–Crippen LogP) is 3.69. The summed E-state index contributed by atoms with van der Waals surface area (Å²) < 4.78 is 14.1. The van der Waals surface area contributed by atoms with Crippen LogP contribution in [-0.2, 0) is 6.54 Å². The van der Waals surface area contributed by atoms with Crippen LogP contribution in [0.2, 0.25) is 0 Å². The van der Waals surface area contributed by atoms with E-state index in [1.54, 1.807) is 6.07 Å². The van der Waals surface area contributed by atoms with Gasteiger partial charge in [-0.15, -0.1) is 0 Å². The number of piperidine rings is 2. The highest BCUT2D eigenvalue weighted by Gasteiger charge is 2.35. The Morgan fingerprint density at radius 1 is 1.30 bits per heavy atom. The lowest BCUT2D eigenvalue weighted by Crippen LogP contribution is -2.54. The van der Waals surface area contributed by atoms with Gasteiger partial charge in [-0.25, -0.2) is 4.39 Å². The third-order valence-electron chi connectivity index (χ3n) is 4.95. The van der Waals surface area contributed by atoms with Gasteiger partial charge in [0.05, 0.1) is 4.47 Å². The summed E-state index contributed by atoms with van der Waals surface area (Å²) >= 11 is 3.34. The Morgan fingerprint density at radius 2 is 2.00 bits per heavy atom. The van der Waals surface area contributed by atoms with Gasteiger partial charge in [0.15, 0.2) is 0 Å². The molecule has 20 heavy (non-hydrogen) atoms. The van der Waals surface area contributed by atoms with Crippen molar-refractivity contribution >= 4 is 15.9 Å². The highest BCUT2D eigenvalue weighted by molar-refractivity contribution is 9.10. The molecule has 2 heterocycles. The molecule has 2 aliphatic rings. The Labute approximate surface area is 128 Å². The average Bonchev–Trinajstić information content (AvgIpc) is 2.41. The minimum atomic E-state index is -0.176. The maximum atomic E-state index is 13.5. The van der Waals surface area contributed by atoms with E-state index in [0.717, 1.165) is 24.2 Å². The van der Waals surface area contributed by atoms with Crippen molar-refractivity contribution in [1.82, 2.24) is 10.2 Å². The van der Waals surface area contributed by atoms with E-state index in [4.69, 9.17) is 0 Å². The van der Waals surface area contributed by atoms with Gasteiger partial charge in [-0.3, -0.25) is 0 Å². The zero-order chi connectivity index (χ0) is 14.1. The van der Waals surface area contributed by atoms with Crippen molar-refractivity contribution in [2.75, 3.05) is 7.05 Å². The SMILES string of the molecule is CN1C2CCCC1CC(NCc1cccc(F)c1Br)C2. The maximum absolute atomic E-state index is 13.5. The minimum Gasteiger partial charge on any atom is -0.310 e. The van der Waals surface area contributed by atoms with Crippen molar-refractivity contribution in [1.29, 1.82) is 0 Å². The van der Waals surface area contributed by atoms with Crippen LogP contribution in [0.1, 0.15) is 37.7 Å². The van der Waals surface area contributed by atoms with E-state index in [9.17, 15) is 4.39 Å². The van der Waals surface area contributed by atoms with Gasteiger partial charge < -0.3 is 10.2 Å². The van der Waals surface area contributed by atoms with Gasteiger partial charge >= 0.3 is 0 Å². The summed E-state index contributed by atoms with van der Waals surface area (Å²) in [7, 11) is 2.27. The number of hydrogen-bond acceptors (Lipinski definition) is 2. The molecule has 2 atom stereocenters. The smallest absolute Gasteiger partial charge is 0.137 e. The van der Waals surface area contributed by atoms with Crippen LogP contribution in [0.5, 0.6) is 0 Å². The number of halogens is 2. The molecule has 2 saturated heterocycles. The fourth-order valence-electron chi connectivity index (χ4n) is 3.72. The fourth-order valence-corrected chi connectivity index (χ4v) is 4.13. The van der Waals surface area contributed by atoms with E-state index < -0.39 is 0 Å². The number of benzene rings is 1. The molecule has 4 heteroatoms. The van der Waals surface area contributed by atoms with Crippen molar-refractivity contribution in [3.8, 4) is 0 Å². The number of nitrogens with zero attached hydrogens (tertiary/aromatic N) is 1. The summed E-state index contributed by atoms with van der Waals surface area (Å²) in [5, 5.41) is 3.63. The number of fused-ring (bicyclic) bond motifs is 2. The molecule has 0 saturated carbocycles. The van der Waals surface area contributed by atoms with Crippen LogP contribution < -0.4 is 5.32 Å². The molecule has 2 bridgehead atoms. The Morgan fingerprint density at radius 3 is 2.70 bits per heavy atom. The van der Waals surface area contributed by atoms with E-state index in [2.05, 4.69) is 33.2 Å². The topological polar surface area (TPSA) is 15.3 Å². The van der Waals surface area contributed by atoms with Gasteiger partial charge in [-0.1, -0.05) is 18.6 Å². The monoisotopic (exact) mass is 340 g/mol. The van der Waals surface area contributed by atoms with Crippen molar-refractivity contribution in [2.24, 2.45) is 0 Å². The molecule has 0 aromatic heterocycles. The van der Waals surface area contributed by atoms with Gasteiger partial charge in [0, 0.05) is 24.7 Å². The van der Waals surface area contributed by atoms with Crippen LogP contribution in [0.15, 0.2) is 22.7 Å². The van der Waals surface area contributed by atoms with Crippen LogP contribution in [-0.4, -0.2) is 30.1 Å². The van der Waals surface area contributed by atoms with Crippen LogP contribution in [0, 0.1) is 5.82 Å². The molecule has 2 aliphatic heterocycles. The molecule has 2 nitrogen and oxygen atoms in total.